The van der Waals surface area contributed by atoms with E-state index in [1.165, 1.54) is 11.8 Å². The molecule has 1 aliphatic carbocycles. The van der Waals surface area contributed by atoms with Gasteiger partial charge in [-0.1, -0.05) is 42.1 Å². The van der Waals surface area contributed by atoms with Crippen LogP contribution in [-0.4, -0.2) is 21.6 Å². The molecule has 24 heavy (non-hydrogen) atoms. The summed E-state index contributed by atoms with van der Waals surface area (Å²) in [7, 11) is 0. The van der Waals surface area contributed by atoms with E-state index < -0.39 is 0 Å². The lowest BCUT2D eigenvalue weighted by Crippen LogP contribution is -2.28. The van der Waals surface area contributed by atoms with Crippen LogP contribution in [0.1, 0.15) is 42.6 Å². The van der Waals surface area contributed by atoms with E-state index in [2.05, 4.69) is 15.3 Å². The average molecular weight is 343 g/mol. The van der Waals surface area contributed by atoms with E-state index >= 15 is 0 Å². The largest absolute Gasteiger partial charge is 0.349 e. The van der Waals surface area contributed by atoms with E-state index in [-0.39, 0.29) is 23.3 Å². The second-order valence-electron chi connectivity index (χ2n) is 5.99. The van der Waals surface area contributed by atoms with Crippen LogP contribution in [0, 0.1) is 0 Å². The maximum Gasteiger partial charge on any atom is 0.254 e. The molecule has 1 aromatic heterocycles. The van der Waals surface area contributed by atoms with Gasteiger partial charge < -0.3 is 10.3 Å². The Morgan fingerprint density at radius 2 is 2.04 bits per heavy atom. The number of aromatic amines is 1. The molecule has 5 nitrogen and oxygen atoms in total. The third-order valence-electron chi connectivity index (χ3n) is 4.19. The van der Waals surface area contributed by atoms with Gasteiger partial charge in [-0.25, -0.2) is 4.98 Å². The van der Waals surface area contributed by atoms with Crippen LogP contribution in [0.5, 0.6) is 0 Å². The summed E-state index contributed by atoms with van der Waals surface area (Å²) in [6.07, 6.45) is 3.77. The Morgan fingerprint density at radius 3 is 2.83 bits per heavy atom. The first-order valence-corrected chi connectivity index (χ1v) is 9.21. The van der Waals surface area contributed by atoms with Crippen LogP contribution in [0.3, 0.4) is 0 Å². The van der Waals surface area contributed by atoms with Gasteiger partial charge in [0.15, 0.2) is 5.16 Å². The van der Waals surface area contributed by atoms with Crippen molar-refractivity contribution in [2.24, 2.45) is 0 Å². The quantitative estimate of drug-likeness (QED) is 0.646. The zero-order chi connectivity index (χ0) is 16.9. The molecule has 1 atom stereocenters. The van der Waals surface area contributed by atoms with Crippen molar-refractivity contribution in [3.05, 3.63) is 57.5 Å². The highest BCUT2D eigenvalue weighted by Gasteiger charge is 2.16. The third-order valence-corrected chi connectivity index (χ3v) is 5.06. The monoisotopic (exact) mass is 343 g/mol. The first kappa shape index (κ1) is 16.8. The standard InChI is InChI=1S/C18H21N3O2S/c1-12(13-7-3-2-4-8-13)19-16(22)11-24-18-20-15-10-6-5-9-14(15)17(23)21-18/h2-4,7-8,12H,5-6,9-11H2,1H3,(H,19,22)(H,20,21,23)/t12-/m0/s1. The summed E-state index contributed by atoms with van der Waals surface area (Å²) < 4.78 is 0. The average Bonchev–Trinajstić information content (AvgIpc) is 2.61. The number of hydrogen-bond acceptors (Lipinski definition) is 4. The van der Waals surface area contributed by atoms with Crippen molar-refractivity contribution in [1.82, 2.24) is 15.3 Å². The molecule has 3 rings (SSSR count). The number of amides is 1. The smallest absolute Gasteiger partial charge is 0.254 e. The van der Waals surface area contributed by atoms with Gasteiger partial charge in [0.05, 0.1) is 17.5 Å². The molecule has 0 fully saturated rings. The van der Waals surface area contributed by atoms with Gasteiger partial charge >= 0.3 is 0 Å². The lowest BCUT2D eigenvalue weighted by Gasteiger charge is -2.15. The highest BCUT2D eigenvalue weighted by Crippen LogP contribution is 2.19. The van der Waals surface area contributed by atoms with Crippen molar-refractivity contribution >= 4 is 17.7 Å². The summed E-state index contributed by atoms with van der Waals surface area (Å²) in [6, 6.07) is 9.78. The number of nitrogens with one attached hydrogen (secondary N) is 2. The Hall–Kier alpha value is -2.08. The molecule has 2 aromatic rings. The van der Waals surface area contributed by atoms with Crippen molar-refractivity contribution in [3.8, 4) is 0 Å². The lowest BCUT2D eigenvalue weighted by molar-refractivity contribution is -0.119. The maximum absolute atomic E-state index is 12.1. The molecule has 126 valence electrons. The van der Waals surface area contributed by atoms with E-state index in [0.717, 1.165) is 42.5 Å². The van der Waals surface area contributed by atoms with Crippen molar-refractivity contribution in [1.29, 1.82) is 0 Å². The van der Waals surface area contributed by atoms with Crippen molar-refractivity contribution < 1.29 is 4.79 Å². The Bertz CT molecular complexity index is 774. The number of aryl methyl sites for hydroxylation is 1. The van der Waals surface area contributed by atoms with Gasteiger partial charge in [-0.3, -0.25) is 9.59 Å². The molecule has 0 spiro atoms. The van der Waals surface area contributed by atoms with E-state index in [4.69, 9.17) is 0 Å². The van der Waals surface area contributed by atoms with Gasteiger partial charge in [-0.15, -0.1) is 0 Å². The molecule has 0 radical (unpaired) electrons. The van der Waals surface area contributed by atoms with Gasteiger partial charge in [0.2, 0.25) is 5.91 Å². The fourth-order valence-electron chi connectivity index (χ4n) is 2.89. The summed E-state index contributed by atoms with van der Waals surface area (Å²) in [5.74, 6) is 0.163. The van der Waals surface area contributed by atoms with Gasteiger partial charge in [0.25, 0.3) is 5.56 Å². The molecule has 0 bridgehead atoms. The number of aromatic nitrogens is 2. The Kier molecular flexibility index (Phi) is 5.35. The van der Waals surface area contributed by atoms with E-state index in [0.29, 0.717) is 5.16 Å². The van der Waals surface area contributed by atoms with Crippen molar-refractivity contribution in [2.45, 2.75) is 43.8 Å². The van der Waals surface area contributed by atoms with Gasteiger partial charge in [0, 0.05) is 5.56 Å². The zero-order valence-electron chi connectivity index (χ0n) is 13.7. The molecule has 1 heterocycles. The number of carbonyl (C=O) groups is 1. The molecule has 0 saturated carbocycles. The molecule has 0 aliphatic heterocycles. The molecule has 1 aromatic carbocycles. The van der Waals surface area contributed by atoms with E-state index in [1.54, 1.807) is 0 Å². The third kappa shape index (κ3) is 4.06. The lowest BCUT2D eigenvalue weighted by atomic mass is 9.97. The molecule has 6 heteroatoms. The molecular weight excluding hydrogens is 322 g/mol. The Balaban J connectivity index is 1.58. The molecule has 1 aliphatic rings. The number of nitrogens with zero attached hydrogens (tertiary/aromatic N) is 1. The molecule has 2 N–H and O–H groups in total. The first-order chi connectivity index (χ1) is 11.6. The van der Waals surface area contributed by atoms with Gasteiger partial charge in [-0.05, 0) is 38.2 Å². The van der Waals surface area contributed by atoms with E-state index in [1.807, 2.05) is 37.3 Å². The number of rotatable bonds is 5. The SMILES string of the molecule is C[C@H](NC(=O)CSc1nc2c(c(=O)[nH]1)CCCC2)c1ccccc1. The number of fused-ring (bicyclic) bond motifs is 1. The molecule has 1 amide bonds. The number of hydrogen-bond donors (Lipinski definition) is 2. The van der Waals surface area contributed by atoms with Crippen LogP contribution in [0.25, 0.3) is 0 Å². The molecule has 0 saturated heterocycles. The molecule has 0 unspecified atom stereocenters. The minimum atomic E-state index is -0.0725. The minimum Gasteiger partial charge on any atom is -0.349 e. The second kappa shape index (κ2) is 7.66. The Labute approximate surface area is 145 Å². The van der Waals surface area contributed by atoms with Crippen LogP contribution in [0.15, 0.2) is 40.3 Å². The normalized spacial score (nSPS) is 14.7. The Morgan fingerprint density at radius 1 is 1.29 bits per heavy atom. The van der Waals surface area contributed by atoms with Crippen LogP contribution >= 0.6 is 11.8 Å². The van der Waals surface area contributed by atoms with Crippen molar-refractivity contribution in [3.63, 3.8) is 0 Å². The summed E-state index contributed by atoms with van der Waals surface area (Å²) in [5, 5.41) is 3.49. The van der Waals surface area contributed by atoms with Gasteiger partial charge in [0.1, 0.15) is 0 Å². The van der Waals surface area contributed by atoms with Crippen LogP contribution < -0.4 is 10.9 Å². The fraction of sp³-hybridized carbons (Fsp3) is 0.389. The predicted octanol–water partition coefficient (Wildman–Crippen LogP) is 2.62. The minimum absolute atomic E-state index is 0.0464. The van der Waals surface area contributed by atoms with Crippen LogP contribution in [0.2, 0.25) is 0 Å². The number of benzene rings is 1. The fourth-order valence-corrected chi connectivity index (χ4v) is 3.58. The highest BCUT2D eigenvalue weighted by molar-refractivity contribution is 7.99. The number of carbonyl (C=O) groups excluding carboxylic acids is 1. The number of H-pyrrole nitrogens is 1. The predicted molar refractivity (Wildman–Crippen MR) is 95.2 cm³/mol. The highest BCUT2D eigenvalue weighted by atomic mass is 32.2. The second-order valence-corrected chi connectivity index (χ2v) is 6.96. The van der Waals surface area contributed by atoms with Crippen LogP contribution in [-0.2, 0) is 17.6 Å². The number of thioether (sulfide) groups is 1. The summed E-state index contributed by atoms with van der Waals surface area (Å²) in [5.41, 5.74) is 2.72. The zero-order valence-corrected chi connectivity index (χ0v) is 14.5. The summed E-state index contributed by atoms with van der Waals surface area (Å²) in [4.78, 5) is 31.5. The first-order valence-electron chi connectivity index (χ1n) is 8.22. The topological polar surface area (TPSA) is 74.8 Å². The van der Waals surface area contributed by atoms with Crippen molar-refractivity contribution in [2.75, 3.05) is 5.75 Å². The van der Waals surface area contributed by atoms with Crippen LogP contribution in [0.4, 0.5) is 0 Å². The molecular formula is C18H21N3O2S. The summed E-state index contributed by atoms with van der Waals surface area (Å²) in [6.45, 7) is 1.96. The maximum atomic E-state index is 12.1. The summed E-state index contributed by atoms with van der Waals surface area (Å²) >= 11 is 1.27. The van der Waals surface area contributed by atoms with E-state index in [9.17, 15) is 9.59 Å². The van der Waals surface area contributed by atoms with Gasteiger partial charge in [-0.2, -0.15) is 0 Å².